The Morgan fingerprint density at radius 3 is 2.83 bits per heavy atom. The zero-order valence-electron chi connectivity index (χ0n) is 7.29. The SMILES string of the molecule is Cc1cc(N(C)CCBr)ncn1. The maximum Gasteiger partial charge on any atom is 0.131 e. The Kier molecular flexibility index (Phi) is 3.47. The normalized spacial score (nSPS) is 9.92. The lowest BCUT2D eigenvalue weighted by Gasteiger charge is -2.16. The van der Waals surface area contributed by atoms with Crippen LogP contribution in [-0.2, 0) is 0 Å². The molecule has 0 fully saturated rings. The predicted molar refractivity (Wildman–Crippen MR) is 53.8 cm³/mol. The fourth-order valence-electron chi connectivity index (χ4n) is 0.891. The summed E-state index contributed by atoms with van der Waals surface area (Å²) in [7, 11) is 2.02. The minimum absolute atomic E-state index is 0.951. The molecule has 0 radical (unpaired) electrons. The predicted octanol–water partition coefficient (Wildman–Crippen LogP) is 1.62. The first-order valence-corrected chi connectivity index (χ1v) is 4.92. The molecule has 0 spiro atoms. The molecule has 4 heteroatoms. The van der Waals surface area contributed by atoms with Crippen LogP contribution < -0.4 is 4.90 Å². The summed E-state index contributed by atoms with van der Waals surface area (Å²) < 4.78 is 0. The van der Waals surface area contributed by atoms with Crippen LogP contribution in [-0.4, -0.2) is 28.9 Å². The van der Waals surface area contributed by atoms with Crippen LogP contribution in [0.25, 0.3) is 0 Å². The third-order valence-electron chi connectivity index (χ3n) is 1.60. The molecule has 0 atom stereocenters. The second-order valence-corrected chi connectivity index (χ2v) is 3.42. The highest BCUT2D eigenvalue weighted by atomic mass is 79.9. The van der Waals surface area contributed by atoms with E-state index < -0.39 is 0 Å². The molecule has 66 valence electrons. The van der Waals surface area contributed by atoms with E-state index in [4.69, 9.17) is 0 Å². The van der Waals surface area contributed by atoms with E-state index in [2.05, 4.69) is 30.8 Å². The van der Waals surface area contributed by atoms with Gasteiger partial charge in [0.2, 0.25) is 0 Å². The number of hydrogen-bond donors (Lipinski definition) is 0. The lowest BCUT2D eigenvalue weighted by molar-refractivity contribution is 0.932. The van der Waals surface area contributed by atoms with Crippen molar-refractivity contribution in [3.8, 4) is 0 Å². The van der Waals surface area contributed by atoms with Crippen molar-refractivity contribution >= 4 is 21.7 Å². The molecule has 3 nitrogen and oxygen atoms in total. The van der Waals surface area contributed by atoms with Crippen LogP contribution in [0, 0.1) is 6.92 Å². The summed E-state index contributed by atoms with van der Waals surface area (Å²) in [5.74, 6) is 0.974. The van der Waals surface area contributed by atoms with Gasteiger partial charge in [0.25, 0.3) is 0 Å². The van der Waals surface area contributed by atoms with Gasteiger partial charge in [0.1, 0.15) is 12.1 Å². The molecule has 1 heterocycles. The number of hydrogen-bond acceptors (Lipinski definition) is 3. The van der Waals surface area contributed by atoms with Gasteiger partial charge >= 0.3 is 0 Å². The average molecular weight is 230 g/mol. The number of aryl methyl sites for hydroxylation is 1. The summed E-state index contributed by atoms with van der Waals surface area (Å²) in [5.41, 5.74) is 1.00. The van der Waals surface area contributed by atoms with Gasteiger partial charge in [0, 0.05) is 30.7 Å². The molecule has 1 aromatic heterocycles. The monoisotopic (exact) mass is 229 g/mol. The number of anilines is 1. The van der Waals surface area contributed by atoms with Crippen LogP contribution in [0.1, 0.15) is 5.69 Å². The van der Waals surface area contributed by atoms with Crippen LogP contribution in [0.3, 0.4) is 0 Å². The Hall–Kier alpha value is -0.640. The highest BCUT2D eigenvalue weighted by Crippen LogP contribution is 2.07. The average Bonchev–Trinajstić information content (AvgIpc) is 2.05. The van der Waals surface area contributed by atoms with Gasteiger partial charge in [0.15, 0.2) is 0 Å². The zero-order valence-corrected chi connectivity index (χ0v) is 8.87. The number of aromatic nitrogens is 2. The summed E-state index contributed by atoms with van der Waals surface area (Å²) in [5, 5.41) is 0.951. The van der Waals surface area contributed by atoms with Gasteiger partial charge in [-0.15, -0.1) is 0 Å². The van der Waals surface area contributed by atoms with Crippen molar-refractivity contribution in [3.63, 3.8) is 0 Å². The quantitative estimate of drug-likeness (QED) is 0.739. The maximum atomic E-state index is 4.15. The number of rotatable bonds is 3. The first-order valence-electron chi connectivity index (χ1n) is 3.80. The fraction of sp³-hybridized carbons (Fsp3) is 0.500. The Morgan fingerprint density at radius 2 is 2.25 bits per heavy atom. The lowest BCUT2D eigenvalue weighted by atomic mass is 10.4. The van der Waals surface area contributed by atoms with Gasteiger partial charge in [-0.3, -0.25) is 0 Å². The molecule has 0 bridgehead atoms. The van der Waals surface area contributed by atoms with E-state index in [9.17, 15) is 0 Å². The van der Waals surface area contributed by atoms with Gasteiger partial charge in [-0.1, -0.05) is 15.9 Å². The minimum atomic E-state index is 0.951. The van der Waals surface area contributed by atoms with Crippen molar-refractivity contribution in [3.05, 3.63) is 18.1 Å². The Morgan fingerprint density at radius 1 is 1.50 bits per heavy atom. The van der Waals surface area contributed by atoms with E-state index in [0.717, 1.165) is 23.4 Å². The minimum Gasteiger partial charge on any atom is -0.359 e. The fourth-order valence-corrected chi connectivity index (χ4v) is 1.42. The molecule has 0 aliphatic heterocycles. The molecule has 0 saturated heterocycles. The van der Waals surface area contributed by atoms with Gasteiger partial charge < -0.3 is 4.90 Å². The second kappa shape index (κ2) is 4.40. The Labute approximate surface area is 81.0 Å². The highest BCUT2D eigenvalue weighted by Gasteiger charge is 2.00. The molecule has 12 heavy (non-hydrogen) atoms. The van der Waals surface area contributed by atoms with Crippen LogP contribution >= 0.6 is 15.9 Å². The van der Waals surface area contributed by atoms with Crippen molar-refractivity contribution in [2.24, 2.45) is 0 Å². The molecule has 0 saturated carbocycles. The van der Waals surface area contributed by atoms with Gasteiger partial charge in [-0.05, 0) is 6.92 Å². The molecular formula is C8H12BrN3. The molecule has 0 aliphatic carbocycles. The number of alkyl halides is 1. The standard InChI is InChI=1S/C8H12BrN3/c1-7-5-8(11-6-10-7)12(2)4-3-9/h5-6H,3-4H2,1-2H3. The Balaban J connectivity index is 2.73. The van der Waals surface area contributed by atoms with Crippen molar-refractivity contribution in [2.45, 2.75) is 6.92 Å². The number of nitrogens with zero attached hydrogens (tertiary/aromatic N) is 3. The summed E-state index contributed by atoms with van der Waals surface area (Å²) in [6, 6.07) is 1.97. The van der Waals surface area contributed by atoms with E-state index in [1.807, 2.05) is 20.0 Å². The molecule has 0 amide bonds. The molecule has 1 aromatic rings. The number of halogens is 1. The van der Waals surface area contributed by atoms with Crippen LogP contribution in [0.4, 0.5) is 5.82 Å². The summed E-state index contributed by atoms with van der Waals surface area (Å²) >= 11 is 3.38. The smallest absolute Gasteiger partial charge is 0.131 e. The molecule has 0 aliphatic rings. The van der Waals surface area contributed by atoms with Crippen molar-refractivity contribution in [2.75, 3.05) is 23.8 Å². The first-order chi connectivity index (χ1) is 5.74. The van der Waals surface area contributed by atoms with Gasteiger partial charge in [0.05, 0.1) is 0 Å². The molecule has 1 rings (SSSR count). The van der Waals surface area contributed by atoms with Crippen molar-refractivity contribution in [1.29, 1.82) is 0 Å². The van der Waals surface area contributed by atoms with Gasteiger partial charge in [-0.25, -0.2) is 9.97 Å². The molecule has 0 unspecified atom stereocenters. The van der Waals surface area contributed by atoms with E-state index in [1.54, 1.807) is 6.33 Å². The molecular weight excluding hydrogens is 218 g/mol. The zero-order chi connectivity index (χ0) is 8.97. The van der Waals surface area contributed by atoms with E-state index in [1.165, 1.54) is 0 Å². The largest absolute Gasteiger partial charge is 0.359 e. The topological polar surface area (TPSA) is 29.0 Å². The van der Waals surface area contributed by atoms with Crippen LogP contribution in [0.15, 0.2) is 12.4 Å². The third-order valence-corrected chi connectivity index (χ3v) is 1.96. The lowest BCUT2D eigenvalue weighted by Crippen LogP contribution is -2.20. The van der Waals surface area contributed by atoms with Crippen LogP contribution in [0.5, 0.6) is 0 Å². The summed E-state index contributed by atoms with van der Waals surface area (Å²) in [6.07, 6.45) is 1.59. The van der Waals surface area contributed by atoms with E-state index >= 15 is 0 Å². The summed E-state index contributed by atoms with van der Waals surface area (Å²) in [4.78, 5) is 10.3. The molecule has 0 aromatic carbocycles. The summed E-state index contributed by atoms with van der Waals surface area (Å²) in [6.45, 7) is 2.92. The van der Waals surface area contributed by atoms with Crippen molar-refractivity contribution < 1.29 is 0 Å². The second-order valence-electron chi connectivity index (χ2n) is 2.63. The van der Waals surface area contributed by atoms with E-state index in [0.29, 0.717) is 0 Å². The Bertz CT molecular complexity index is 252. The molecule has 0 N–H and O–H groups in total. The first kappa shape index (κ1) is 9.45. The highest BCUT2D eigenvalue weighted by molar-refractivity contribution is 9.09. The van der Waals surface area contributed by atoms with Crippen LogP contribution in [0.2, 0.25) is 0 Å². The third kappa shape index (κ3) is 2.44. The van der Waals surface area contributed by atoms with Crippen molar-refractivity contribution in [1.82, 2.24) is 9.97 Å². The maximum absolute atomic E-state index is 4.15. The van der Waals surface area contributed by atoms with Gasteiger partial charge in [-0.2, -0.15) is 0 Å². The van der Waals surface area contributed by atoms with E-state index in [-0.39, 0.29) is 0 Å².